The largest absolute Gasteiger partial charge is 0.487 e. The van der Waals surface area contributed by atoms with Gasteiger partial charge in [0.2, 0.25) is 0 Å². The Kier molecular flexibility index (Phi) is 4.20. The van der Waals surface area contributed by atoms with Gasteiger partial charge in [-0.05, 0) is 30.5 Å². The Labute approximate surface area is 129 Å². The van der Waals surface area contributed by atoms with Crippen LogP contribution < -0.4 is 4.74 Å². The van der Waals surface area contributed by atoms with Crippen molar-refractivity contribution in [3.8, 4) is 5.75 Å². The molecule has 1 N–H and O–H groups in total. The van der Waals surface area contributed by atoms with Crippen LogP contribution in [0.25, 0.3) is 0 Å². The number of ketones is 1. The van der Waals surface area contributed by atoms with Crippen LogP contribution in [0.5, 0.6) is 5.75 Å². The van der Waals surface area contributed by atoms with Crippen LogP contribution in [-0.4, -0.2) is 15.9 Å². The molecule has 4 nitrogen and oxygen atoms in total. The molecule has 1 aliphatic carbocycles. The van der Waals surface area contributed by atoms with Gasteiger partial charge in [0.1, 0.15) is 23.7 Å². The molecule has 4 heteroatoms. The summed E-state index contributed by atoms with van der Waals surface area (Å²) in [6, 6.07) is 13.5. The first kappa shape index (κ1) is 14.7. The maximum absolute atomic E-state index is 11.3. The second-order valence-corrected chi connectivity index (χ2v) is 5.72. The lowest BCUT2D eigenvalue weighted by molar-refractivity contribution is -0.125. The fourth-order valence-corrected chi connectivity index (χ4v) is 2.68. The van der Waals surface area contributed by atoms with E-state index in [9.17, 15) is 9.90 Å². The molecule has 2 aromatic rings. The lowest BCUT2D eigenvalue weighted by Crippen LogP contribution is -2.32. The van der Waals surface area contributed by atoms with Crippen molar-refractivity contribution in [1.29, 1.82) is 0 Å². The van der Waals surface area contributed by atoms with Crippen molar-refractivity contribution in [2.75, 3.05) is 0 Å². The summed E-state index contributed by atoms with van der Waals surface area (Å²) >= 11 is 0. The molecular formula is C18H19NO3. The number of hydrogen-bond acceptors (Lipinski definition) is 4. The minimum Gasteiger partial charge on any atom is -0.487 e. The van der Waals surface area contributed by atoms with Gasteiger partial charge in [-0.15, -0.1) is 0 Å². The second-order valence-electron chi connectivity index (χ2n) is 5.72. The van der Waals surface area contributed by atoms with Crippen LogP contribution in [0.15, 0.2) is 48.7 Å². The van der Waals surface area contributed by atoms with E-state index in [4.69, 9.17) is 4.74 Å². The maximum atomic E-state index is 11.3. The zero-order chi connectivity index (χ0) is 15.4. The summed E-state index contributed by atoms with van der Waals surface area (Å²) in [5, 5.41) is 10.6. The Balaban J connectivity index is 1.64. The van der Waals surface area contributed by atoms with E-state index in [1.807, 2.05) is 36.4 Å². The molecule has 0 bridgehead atoms. The average Bonchev–Trinajstić information content (AvgIpc) is 2.57. The van der Waals surface area contributed by atoms with Crippen molar-refractivity contribution in [1.82, 2.24) is 4.98 Å². The van der Waals surface area contributed by atoms with Gasteiger partial charge < -0.3 is 9.84 Å². The van der Waals surface area contributed by atoms with Crippen LogP contribution in [0, 0.1) is 0 Å². The number of rotatable bonds is 4. The SMILES string of the molecule is O=C1CCC(O)(c2ccc(OCc3ccccc3)cn2)CC1. The number of pyridine rings is 1. The summed E-state index contributed by atoms with van der Waals surface area (Å²) in [5.41, 5.74) is 0.731. The zero-order valence-electron chi connectivity index (χ0n) is 12.4. The van der Waals surface area contributed by atoms with E-state index < -0.39 is 5.60 Å². The molecule has 0 saturated heterocycles. The van der Waals surface area contributed by atoms with Crippen molar-refractivity contribution < 1.29 is 14.6 Å². The molecule has 1 aromatic heterocycles. The minimum absolute atomic E-state index is 0.215. The van der Waals surface area contributed by atoms with Gasteiger partial charge in [0, 0.05) is 12.8 Å². The molecule has 1 aromatic carbocycles. The number of carbonyl (C=O) groups is 1. The number of hydrogen-bond donors (Lipinski definition) is 1. The number of aromatic nitrogens is 1. The topological polar surface area (TPSA) is 59.4 Å². The predicted molar refractivity (Wildman–Crippen MR) is 82.4 cm³/mol. The highest BCUT2D eigenvalue weighted by Gasteiger charge is 2.35. The lowest BCUT2D eigenvalue weighted by atomic mass is 9.81. The van der Waals surface area contributed by atoms with Gasteiger partial charge in [0.25, 0.3) is 0 Å². The highest BCUT2D eigenvalue weighted by Crippen LogP contribution is 2.35. The van der Waals surface area contributed by atoms with Crippen LogP contribution in [0.4, 0.5) is 0 Å². The number of Topliss-reactive ketones (excluding diaryl/α,β-unsaturated/α-hetero) is 1. The molecule has 1 heterocycles. The van der Waals surface area contributed by atoms with Gasteiger partial charge in [-0.2, -0.15) is 0 Å². The quantitative estimate of drug-likeness (QED) is 0.942. The second kappa shape index (κ2) is 6.28. The summed E-state index contributed by atoms with van der Waals surface area (Å²) < 4.78 is 5.69. The molecule has 1 aliphatic rings. The molecule has 0 radical (unpaired) electrons. The normalized spacial score (nSPS) is 17.2. The van der Waals surface area contributed by atoms with Crippen molar-refractivity contribution in [2.45, 2.75) is 37.9 Å². The number of nitrogens with zero attached hydrogens (tertiary/aromatic N) is 1. The smallest absolute Gasteiger partial charge is 0.138 e. The highest BCUT2D eigenvalue weighted by molar-refractivity contribution is 5.79. The van der Waals surface area contributed by atoms with E-state index in [1.54, 1.807) is 12.3 Å². The van der Waals surface area contributed by atoms with Gasteiger partial charge in [-0.3, -0.25) is 9.78 Å². The van der Waals surface area contributed by atoms with Gasteiger partial charge in [-0.25, -0.2) is 0 Å². The van der Waals surface area contributed by atoms with E-state index in [2.05, 4.69) is 4.98 Å². The minimum atomic E-state index is -0.980. The van der Waals surface area contributed by atoms with Crippen LogP contribution >= 0.6 is 0 Å². The maximum Gasteiger partial charge on any atom is 0.138 e. The molecule has 0 unspecified atom stereocenters. The average molecular weight is 297 g/mol. The third kappa shape index (κ3) is 3.34. The van der Waals surface area contributed by atoms with E-state index in [0.717, 1.165) is 5.56 Å². The summed E-state index contributed by atoms with van der Waals surface area (Å²) in [5.74, 6) is 0.885. The van der Waals surface area contributed by atoms with Crippen molar-refractivity contribution in [3.05, 3.63) is 59.9 Å². The van der Waals surface area contributed by atoms with E-state index >= 15 is 0 Å². The number of aliphatic hydroxyl groups is 1. The molecule has 0 aliphatic heterocycles. The number of ether oxygens (including phenoxy) is 1. The Morgan fingerprint density at radius 1 is 1.09 bits per heavy atom. The Morgan fingerprint density at radius 3 is 2.45 bits per heavy atom. The molecule has 1 fully saturated rings. The third-order valence-electron chi connectivity index (χ3n) is 4.10. The molecule has 3 rings (SSSR count). The monoisotopic (exact) mass is 297 g/mol. The Hall–Kier alpha value is -2.20. The van der Waals surface area contributed by atoms with Gasteiger partial charge in [0.15, 0.2) is 0 Å². The first-order valence-electron chi connectivity index (χ1n) is 7.53. The highest BCUT2D eigenvalue weighted by atomic mass is 16.5. The van der Waals surface area contributed by atoms with Crippen molar-refractivity contribution >= 4 is 5.78 Å². The first-order valence-corrected chi connectivity index (χ1v) is 7.53. The van der Waals surface area contributed by atoms with Crippen molar-refractivity contribution in [2.24, 2.45) is 0 Å². The molecule has 0 spiro atoms. The summed E-state index contributed by atoms with van der Waals surface area (Å²) in [4.78, 5) is 15.6. The Morgan fingerprint density at radius 2 is 1.82 bits per heavy atom. The molecule has 114 valence electrons. The summed E-state index contributed by atoms with van der Waals surface area (Å²) in [7, 11) is 0. The molecular weight excluding hydrogens is 278 g/mol. The third-order valence-corrected chi connectivity index (χ3v) is 4.10. The lowest BCUT2D eigenvalue weighted by Gasteiger charge is -2.30. The first-order chi connectivity index (χ1) is 10.7. The molecule has 0 amide bonds. The van der Waals surface area contributed by atoms with Crippen LogP contribution in [0.3, 0.4) is 0 Å². The van der Waals surface area contributed by atoms with Gasteiger partial charge >= 0.3 is 0 Å². The summed E-state index contributed by atoms with van der Waals surface area (Å²) in [6.45, 7) is 0.487. The molecule has 0 atom stereocenters. The zero-order valence-corrected chi connectivity index (χ0v) is 12.4. The fourth-order valence-electron chi connectivity index (χ4n) is 2.68. The molecule has 1 saturated carbocycles. The standard InChI is InChI=1S/C18H19NO3/c20-15-8-10-18(21,11-9-15)17-7-6-16(12-19-17)22-13-14-4-2-1-3-5-14/h1-7,12,21H,8-11,13H2. The van der Waals surface area contributed by atoms with Crippen LogP contribution in [0.2, 0.25) is 0 Å². The van der Waals surface area contributed by atoms with E-state index in [-0.39, 0.29) is 5.78 Å². The fraction of sp³-hybridized carbons (Fsp3) is 0.333. The van der Waals surface area contributed by atoms with Gasteiger partial charge in [-0.1, -0.05) is 30.3 Å². The van der Waals surface area contributed by atoms with Crippen molar-refractivity contribution in [3.63, 3.8) is 0 Å². The number of carbonyl (C=O) groups excluding carboxylic acids is 1. The number of benzene rings is 1. The van der Waals surface area contributed by atoms with Crippen LogP contribution in [0.1, 0.15) is 36.9 Å². The van der Waals surface area contributed by atoms with Gasteiger partial charge in [0.05, 0.1) is 11.9 Å². The predicted octanol–water partition coefficient (Wildman–Crippen LogP) is 2.99. The van der Waals surface area contributed by atoms with E-state index in [1.165, 1.54) is 0 Å². The van der Waals surface area contributed by atoms with Crippen LogP contribution in [-0.2, 0) is 17.0 Å². The Bertz CT molecular complexity index is 627. The summed E-state index contributed by atoms with van der Waals surface area (Å²) in [6.07, 6.45) is 3.37. The molecule has 22 heavy (non-hydrogen) atoms. The van der Waals surface area contributed by atoms with E-state index in [0.29, 0.717) is 43.7 Å².